The van der Waals surface area contributed by atoms with Crippen LogP contribution in [-0.2, 0) is 0 Å². The maximum Gasteiger partial charge on any atom is 0.0966 e. The summed E-state index contributed by atoms with van der Waals surface area (Å²) in [5.41, 5.74) is 7.41. The van der Waals surface area contributed by atoms with Crippen molar-refractivity contribution in [3.05, 3.63) is 59.2 Å². The van der Waals surface area contributed by atoms with Crippen molar-refractivity contribution in [2.75, 3.05) is 0 Å². The van der Waals surface area contributed by atoms with Gasteiger partial charge in [0.1, 0.15) is 0 Å². The van der Waals surface area contributed by atoms with Gasteiger partial charge in [0.2, 0.25) is 0 Å². The van der Waals surface area contributed by atoms with E-state index in [1.54, 1.807) is 18.0 Å². The molecule has 4 heteroatoms. The Labute approximate surface area is 123 Å². The van der Waals surface area contributed by atoms with Gasteiger partial charge in [-0.3, -0.25) is 0 Å². The van der Waals surface area contributed by atoms with Crippen molar-refractivity contribution in [1.29, 1.82) is 0 Å². The van der Waals surface area contributed by atoms with Crippen molar-refractivity contribution in [1.82, 2.24) is 4.98 Å². The highest BCUT2D eigenvalue weighted by Crippen LogP contribution is 2.37. The minimum Gasteiger partial charge on any atom is -0.326 e. The fraction of sp³-hybridized carbons (Fsp3) is 0.267. The first kappa shape index (κ1) is 14.4. The van der Waals surface area contributed by atoms with E-state index in [0.717, 1.165) is 22.0 Å². The lowest BCUT2D eigenvalue weighted by atomic mass is 10.0. The van der Waals surface area contributed by atoms with Crippen LogP contribution in [0.4, 0.5) is 0 Å². The molecule has 0 fully saturated rings. The molecule has 0 spiro atoms. The van der Waals surface area contributed by atoms with Crippen LogP contribution in [0.5, 0.6) is 0 Å². The maximum atomic E-state index is 6.26. The van der Waals surface area contributed by atoms with Crippen molar-refractivity contribution >= 4 is 23.4 Å². The van der Waals surface area contributed by atoms with E-state index >= 15 is 0 Å². The molecule has 0 aliphatic rings. The van der Waals surface area contributed by atoms with Crippen LogP contribution in [0.25, 0.3) is 0 Å². The smallest absolute Gasteiger partial charge is 0.0966 e. The molecule has 1 aromatic carbocycles. The van der Waals surface area contributed by atoms with Crippen molar-refractivity contribution in [3.63, 3.8) is 0 Å². The summed E-state index contributed by atoms with van der Waals surface area (Å²) in [5, 5.41) is 1.89. The summed E-state index contributed by atoms with van der Waals surface area (Å²) < 4.78 is 0. The van der Waals surface area contributed by atoms with E-state index in [9.17, 15) is 0 Å². The van der Waals surface area contributed by atoms with Gasteiger partial charge in [-0.25, -0.2) is 4.98 Å². The summed E-state index contributed by atoms with van der Waals surface area (Å²) in [6.07, 6.45) is 2.71. The summed E-state index contributed by atoms with van der Waals surface area (Å²) in [6, 6.07) is 13.9. The highest BCUT2D eigenvalue weighted by molar-refractivity contribution is 7.99. The third-order valence-corrected chi connectivity index (χ3v) is 4.52. The number of benzene rings is 1. The van der Waals surface area contributed by atoms with Crippen LogP contribution in [0.1, 0.15) is 24.2 Å². The average Bonchev–Trinajstić information content (AvgIpc) is 2.45. The molecular formula is C15H17ClN2S. The van der Waals surface area contributed by atoms with E-state index in [2.05, 4.69) is 18.0 Å². The Hall–Kier alpha value is -1.03. The molecular weight excluding hydrogens is 276 g/mol. The second kappa shape index (κ2) is 6.94. The van der Waals surface area contributed by atoms with Crippen molar-refractivity contribution in [3.8, 4) is 0 Å². The quantitative estimate of drug-likeness (QED) is 0.835. The summed E-state index contributed by atoms with van der Waals surface area (Å²) in [5.74, 6) is 0. The summed E-state index contributed by atoms with van der Waals surface area (Å²) in [4.78, 5) is 4.36. The second-order valence-corrected chi connectivity index (χ2v) is 5.93. The van der Waals surface area contributed by atoms with Crippen LogP contribution in [0, 0.1) is 0 Å². The molecule has 100 valence electrons. The number of hydrogen-bond donors (Lipinski definition) is 1. The number of nitrogens with two attached hydrogens (primary N) is 1. The minimum atomic E-state index is 0.0745. The van der Waals surface area contributed by atoms with Gasteiger partial charge in [-0.1, -0.05) is 48.5 Å². The standard InChI is InChI=1S/C15H17ClN2S/c1-2-13(17)15(11-6-5-7-12(16)10-11)19-14-8-3-4-9-18-14/h3-10,13,15H,2,17H2,1H3. The number of rotatable bonds is 5. The molecule has 0 saturated carbocycles. The fourth-order valence-corrected chi connectivity index (χ4v) is 3.23. The largest absolute Gasteiger partial charge is 0.326 e. The van der Waals surface area contributed by atoms with Crippen molar-refractivity contribution in [2.45, 2.75) is 29.7 Å². The van der Waals surface area contributed by atoms with Gasteiger partial charge >= 0.3 is 0 Å². The molecule has 2 rings (SSSR count). The van der Waals surface area contributed by atoms with Crippen molar-refractivity contribution < 1.29 is 0 Å². The predicted molar refractivity (Wildman–Crippen MR) is 82.6 cm³/mol. The molecule has 0 amide bonds. The zero-order valence-corrected chi connectivity index (χ0v) is 12.4. The van der Waals surface area contributed by atoms with Crippen LogP contribution >= 0.6 is 23.4 Å². The highest BCUT2D eigenvalue weighted by Gasteiger charge is 2.20. The monoisotopic (exact) mass is 292 g/mol. The third kappa shape index (κ3) is 3.96. The van der Waals surface area contributed by atoms with E-state index in [1.807, 2.05) is 36.4 Å². The molecule has 0 bridgehead atoms. The van der Waals surface area contributed by atoms with Gasteiger partial charge in [0.15, 0.2) is 0 Å². The summed E-state index contributed by atoms with van der Waals surface area (Å²) in [6.45, 7) is 2.10. The zero-order valence-electron chi connectivity index (χ0n) is 10.8. The normalized spacial score (nSPS) is 14.1. The number of hydrogen-bond acceptors (Lipinski definition) is 3. The summed E-state index contributed by atoms with van der Waals surface area (Å²) >= 11 is 7.76. The van der Waals surface area contributed by atoms with Crippen LogP contribution in [0.3, 0.4) is 0 Å². The number of pyridine rings is 1. The first-order valence-electron chi connectivity index (χ1n) is 6.29. The first-order valence-corrected chi connectivity index (χ1v) is 7.55. The van der Waals surface area contributed by atoms with E-state index in [1.165, 1.54) is 0 Å². The molecule has 0 aliphatic carbocycles. The van der Waals surface area contributed by atoms with Crippen LogP contribution < -0.4 is 5.73 Å². The second-order valence-electron chi connectivity index (χ2n) is 4.33. The highest BCUT2D eigenvalue weighted by atomic mass is 35.5. The molecule has 2 aromatic rings. The van der Waals surface area contributed by atoms with Gasteiger partial charge in [-0.15, -0.1) is 0 Å². The third-order valence-electron chi connectivity index (χ3n) is 2.92. The Bertz CT molecular complexity index is 519. The van der Waals surface area contributed by atoms with E-state index < -0.39 is 0 Å². The van der Waals surface area contributed by atoms with Gasteiger partial charge < -0.3 is 5.73 Å². The number of nitrogens with zero attached hydrogens (tertiary/aromatic N) is 1. The van der Waals surface area contributed by atoms with E-state index in [-0.39, 0.29) is 11.3 Å². The number of aromatic nitrogens is 1. The zero-order chi connectivity index (χ0) is 13.7. The van der Waals surface area contributed by atoms with Gasteiger partial charge in [0.25, 0.3) is 0 Å². The van der Waals surface area contributed by atoms with Crippen LogP contribution in [-0.4, -0.2) is 11.0 Å². The van der Waals surface area contributed by atoms with Crippen LogP contribution in [0.15, 0.2) is 53.7 Å². The molecule has 0 saturated heterocycles. The van der Waals surface area contributed by atoms with Crippen molar-refractivity contribution in [2.24, 2.45) is 5.73 Å². The average molecular weight is 293 g/mol. The van der Waals surface area contributed by atoms with Gasteiger partial charge in [-0.2, -0.15) is 0 Å². The lowest BCUT2D eigenvalue weighted by molar-refractivity contribution is 0.633. The van der Waals surface area contributed by atoms with E-state index in [0.29, 0.717) is 0 Å². The molecule has 0 radical (unpaired) electrons. The Morgan fingerprint density at radius 1 is 1.26 bits per heavy atom. The Morgan fingerprint density at radius 3 is 2.74 bits per heavy atom. The molecule has 2 atom stereocenters. The minimum absolute atomic E-state index is 0.0745. The molecule has 19 heavy (non-hydrogen) atoms. The molecule has 2 N–H and O–H groups in total. The van der Waals surface area contributed by atoms with Gasteiger partial charge in [0.05, 0.1) is 10.3 Å². The fourth-order valence-electron chi connectivity index (χ4n) is 1.85. The SMILES string of the molecule is CCC(N)C(Sc1ccccn1)c1cccc(Cl)c1. The number of halogens is 1. The van der Waals surface area contributed by atoms with Gasteiger partial charge in [-0.05, 0) is 36.2 Å². The van der Waals surface area contributed by atoms with Gasteiger partial charge in [0, 0.05) is 17.3 Å². The number of thioether (sulfide) groups is 1. The molecule has 1 heterocycles. The lowest BCUT2D eigenvalue weighted by Crippen LogP contribution is -2.25. The predicted octanol–water partition coefficient (Wildman–Crippen LogP) is 4.31. The Kier molecular flexibility index (Phi) is 5.25. The van der Waals surface area contributed by atoms with Crippen LogP contribution in [0.2, 0.25) is 5.02 Å². The Morgan fingerprint density at radius 2 is 2.11 bits per heavy atom. The Balaban J connectivity index is 2.26. The molecule has 2 nitrogen and oxygen atoms in total. The topological polar surface area (TPSA) is 38.9 Å². The molecule has 2 unspecified atom stereocenters. The lowest BCUT2D eigenvalue weighted by Gasteiger charge is -2.22. The molecule has 0 aliphatic heterocycles. The summed E-state index contributed by atoms with van der Waals surface area (Å²) in [7, 11) is 0. The maximum absolute atomic E-state index is 6.26. The molecule has 1 aromatic heterocycles. The van der Waals surface area contributed by atoms with E-state index in [4.69, 9.17) is 17.3 Å². The first-order chi connectivity index (χ1) is 9.20.